The first-order valence-electron chi connectivity index (χ1n) is 3.73. The van der Waals surface area contributed by atoms with Crippen molar-refractivity contribution < 1.29 is 0 Å². The normalized spacial score (nSPS) is 12.5. The summed E-state index contributed by atoms with van der Waals surface area (Å²) in [6.45, 7) is 0. The SMILES string of the molecule is C#CCCC(CCSC)NN. The van der Waals surface area contributed by atoms with Crippen LogP contribution in [0.3, 0.4) is 0 Å². The summed E-state index contributed by atoms with van der Waals surface area (Å²) < 4.78 is 0. The molecule has 0 saturated heterocycles. The van der Waals surface area contributed by atoms with Gasteiger partial charge in [-0.25, -0.2) is 0 Å². The Hall–Kier alpha value is -0.170. The van der Waals surface area contributed by atoms with E-state index in [9.17, 15) is 0 Å². The van der Waals surface area contributed by atoms with Crippen molar-refractivity contribution in [3.05, 3.63) is 0 Å². The summed E-state index contributed by atoms with van der Waals surface area (Å²) in [5, 5.41) is 0. The van der Waals surface area contributed by atoms with Crippen LogP contribution in [0.25, 0.3) is 0 Å². The molecule has 0 aliphatic rings. The van der Waals surface area contributed by atoms with E-state index in [1.807, 2.05) is 11.8 Å². The lowest BCUT2D eigenvalue weighted by atomic mass is 10.1. The summed E-state index contributed by atoms with van der Waals surface area (Å²) in [5.74, 6) is 9.07. The summed E-state index contributed by atoms with van der Waals surface area (Å²) >= 11 is 1.83. The molecule has 2 nitrogen and oxygen atoms in total. The van der Waals surface area contributed by atoms with Crippen LogP contribution in [0.2, 0.25) is 0 Å². The highest BCUT2D eigenvalue weighted by Crippen LogP contribution is 2.04. The Morgan fingerprint density at radius 2 is 2.36 bits per heavy atom. The summed E-state index contributed by atoms with van der Waals surface area (Å²) in [6.07, 6.45) is 10.1. The first-order valence-corrected chi connectivity index (χ1v) is 5.13. The fourth-order valence-corrected chi connectivity index (χ4v) is 1.35. The lowest BCUT2D eigenvalue weighted by molar-refractivity contribution is 0.490. The zero-order chi connectivity index (χ0) is 8.53. The van der Waals surface area contributed by atoms with E-state index in [-0.39, 0.29) is 0 Å². The van der Waals surface area contributed by atoms with Crippen molar-refractivity contribution in [1.82, 2.24) is 5.43 Å². The van der Waals surface area contributed by atoms with Crippen molar-refractivity contribution in [2.75, 3.05) is 12.0 Å². The van der Waals surface area contributed by atoms with E-state index >= 15 is 0 Å². The van der Waals surface area contributed by atoms with Gasteiger partial charge in [0.15, 0.2) is 0 Å². The lowest BCUT2D eigenvalue weighted by Gasteiger charge is -2.12. The zero-order valence-electron chi connectivity index (χ0n) is 6.97. The third-order valence-corrected chi connectivity index (χ3v) is 2.19. The lowest BCUT2D eigenvalue weighted by Crippen LogP contribution is -2.35. The van der Waals surface area contributed by atoms with Crippen molar-refractivity contribution in [1.29, 1.82) is 0 Å². The molecule has 0 aromatic carbocycles. The number of nitrogens with one attached hydrogen (secondary N) is 1. The molecule has 0 aliphatic heterocycles. The molecule has 0 amide bonds. The van der Waals surface area contributed by atoms with Gasteiger partial charge in [0.1, 0.15) is 0 Å². The number of hydrazine groups is 1. The Kier molecular flexibility index (Phi) is 7.81. The highest BCUT2D eigenvalue weighted by Gasteiger charge is 2.03. The van der Waals surface area contributed by atoms with Crippen molar-refractivity contribution >= 4 is 11.8 Å². The van der Waals surface area contributed by atoms with E-state index < -0.39 is 0 Å². The van der Waals surface area contributed by atoms with E-state index in [0.29, 0.717) is 6.04 Å². The fourth-order valence-electron chi connectivity index (χ4n) is 0.829. The molecule has 64 valence electrons. The molecule has 0 aliphatic carbocycles. The van der Waals surface area contributed by atoms with Gasteiger partial charge in [0, 0.05) is 12.5 Å². The quantitative estimate of drug-likeness (QED) is 0.356. The van der Waals surface area contributed by atoms with Gasteiger partial charge < -0.3 is 0 Å². The number of hydrogen-bond acceptors (Lipinski definition) is 3. The first kappa shape index (κ1) is 10.8. The Labute approximate surface area is 73.3 Å². The van der Waals surface area contributed by atoms with Crippen LogP contribution in [0.1, 0.15) is 19.3 Å². The monoisotopic (exact) mass is 172 g/mol. The molecule has 0 fully saturated rings. The Balaban J connectivity index is 3.34. The van der Waals surface area contributed by atoms with Gasteiger partial charge in [-0.2, -0.15) is 11.8 Å². The standard InChI is InChI=1S/C8H16N2S/c1-3-4-5-8(10-9)6-7-11-2/h1,8,10H,4-7,9H2,2H3. The topological polar surface area (TPSA) is 38.0 Å². The molecule has 0 spiro atoms. The predicted molar refractivity (Wildman–Crippen MR) is 52.2 cm³/mol. The zero-order valence-corrected chi connectivity index (χ0v) is 7.79. The number of nitrogens with two attached hydrogens (primary N) is 1. The minimum Gasteiger partial charge on any atom is -0.271 e. The average Bonchev–Trinajstić information content (AvgIpc) is 2.05. The van der Waals surface area contributed by atoms with Crippen LogP contribution in [0.5, 0.6) is 0 Å². The van der Waals surface area contributed by atoms with Gasteiger partial charge >= 0.3 is 0 Å². The Morgan fingerprint density at radius 3 is 2.82 bits per heavy atom. The van der Waals surface area contributed by atoms with Gasteiger partial charge in [-0.3, -0.25) is 11.3 Å². The van der Waals surface area contributed by atoms with Crippen LogP contribution < -0.4 is 11.3 Å². The van der Waals surface area contributed by atoms with Crippen LogP contribution in [-0.2, 0) is 0 Å². The Morgan fingerprint density at radius 1 is 1.64 bits per heavy atom. The molecule has 0 aromatic rings. The molecule has 0 heterocycles. The summed E-state index contributed by atoms with van der Waals surface area (Å²) in [6, 6.07) is 0.387. The highest BCUT2D eigenvalue weighted by molar-refractivity contribution is 7.98. The summed E-state index contributed by atoms with van der Waals surface area (Å²) in [5.41, 5.74) is 2.76. The van der Waals surface area contributed by atoms with Gasteiger partial charge in [-0.15, -0.1) is 12.3 Å². The van der Waals surface area contributed by atoms with E-state index in [2.05, 4.69) is 17.6 Å². The van der Waals surface area contributed by atoms with Gasteiger partial charge in [0.05, 0.1) is 0 Å². The highest BCUT2D eigenvalue weighted by atomic mass is 32.2. The molecule has 0 radical (unpaired) electrons. The van der Waals surface area contributed by atoms with E-state index in [0.717, 1.165) is 25.0 Å². The molecule has 0 aromatic heterocycles. The largest absolute Gasteiger partial charge is 0.271 e. The third-order valence-electron chi connectivity index (χ3n) is 1.54. The molecule has 0 rings (SSSR count). The fraction of sp³-hybridized carbons (Fsp3) is 0.750. The van der Waals surface area contributed by atoms with E-state index in [4.69, 9.17) is 12.3 Å². The first-order chi connectivity index (χ1) is 5.35. The average molecular weight is 172 g/mol. The smallest absolute Gasteiger partial charge is 0.0227 e. The molecule has 0 saturated carbocycles. The van der Waals surface area contributed by atoms with Crippen LogP contribution >= 0.6 is 11.8 Å². The maximum atomic E-state index is 5.33. The van der Waals surface area contributed by atoms with Crippen molar-refractivity contribution in [2.24, 2.45) is 5.84 Å². The minimum atomic E-state index is 0.387. The molecular formula is C8H16N2S. The van der Waals surface area contributed by atoms with Crippen LogP contribution in [0.4, 0.5) is 0 Å². The van der Waals surface area contributed by atoms with Crippen molar-refractivity contribution in [3.8, 4) is 12.3 Å². The van der Waals surface area contributed by atoms with Crippen LogP contribution in [-0.4, -0.2) is 18.1 Å². The summed E-state index contributed by atoms with van der Waals surface area (Å²) in [7, 11) is 0. The number of thioether (sulfide) groups is 1. The van der Waals surface area contributed by atoms with Gasteiger partial charge in [-0.1, -0.05) is 0 Å². The molecule has 3 heteroatoms. The second kappa shape index (κ2) is 7.93. The predicted octanol–water partition coefficient (Wildman–Crippen LogP) is 0.985. The van der Waals surface area contributed by atoms with E-state index in [1.165, 1.54) is 0 Å². The summed E-state index contributed by atoms with van der Waals surface area (Å²) in [4.78, 5) is 0. The van der Waals surface area contributed by atoms with Gasteiger partial charge in [-0.05, 0) is 24.9 Å². The van der Waals surface area contributed by atoms with Crippen LogP contribution in [0.15, 0.2) is 0 Å². The van der Waals surface area contributed by atoms with Crippen molar-refractivity contribution in [3.63, 3.8) is 0 Å². The molecule has 1 atom stereocenters. The number of terminal acetylenes is 1. The van der Waals surface area contributed by atoms with Crippen LogP contribution in [0, 0.1) is 12.3 Å². The minimum absolute atomic E-state index is 0.387. The van der Waals surface area contributed by atoms with E-state index in [1.54, 1.807) is 0 Å². The maximum Gasteiger partial charge on any atom is 0.0227 e. The van der Waals surface area contributed by atoms with Gasteiger partial charge in [0.2, 0.25) is 0 Å². The number of hydrogen-bond donors (Lipinski definition) is 2. The Bertz CT molecular complexity index is 120. The van der Waals surface area contributed by atoms with Gasteiger partial charge in [0.25, 0.3) is 0 Å². The molecular weight excluding hydrogens is 156 g/mol. The second-order valence-electron chi connectivity index (χ2n) is 2.39. The molecule has 1 unspecified atom stereocenters. The molecule has 3 N–H and O–H groups in total. The van der Waals surface area contributed by atoms with Crippen molar-refractivity contribution in [2.45, 2.75) is 25.3 Å². The second-order valence-corrected chi connectivity index (χ2v) is 3.37. The molecule has 0 bridgehead atoms. The molecule has 11 heavy (non-hydrogen) atoms. The number of rotatable bonds is 6. The maximum absolute atomic E-state index is 5.33. The third kappa shape index (κ3) is 6.24.